The molecule has 8 nitrogen and oxygen atoms in total. The van der Waals surface area contributed by atoms with E-state index in [1.807, 2.05) is 19.2 Å². The minimum Gasteiger partial charge on any atom is -0.478 e. The fraction of sp³-hybridized carbons (Fsp3) is 0.333. The number of halogens is 2. The van der Waals surface area contributed by atoms with Gasteiger partial charge in [-0.25, -0.2) is 19.2 Å². The minimum absolute atomic E-state index is 0.0182. The summed E-state index contributed by atoms with van der Waals surface area (Å²) in [5.41, 5.74) is 0.729. The molecular formula is C24H25ClFN5O3S. The van der Waals surface area contributed by atoms with Gasteiger partial charge in [0.25, 0.3) is 5.91 Å². The van der Waals surface area contributed by atoms with Crippen LogP contribution in [0.15, 0.2) is 41.9 Å². The molecule has 0 aliphatic carbocycles. The number of hydrogen-bond acceptors (Lipinski definition) is 7. The van der Waals surface area contributed by atoms with E-state index in [0.29, 0.717) is 36.3 Å². The predicted molar refractivity (Wildman–Crippen MR) is 133 cm³/mol. The summed E-state index contributed by atoms with van der Waals surface area (Å²) in [5.74, 6) is -1.68. The third-order valence-corrected chi connectivity index (χ3v) is 6.94. The number of fused-ring (bicyclic) bond motifs is 2. The lowest BCUT2D eigenvalue weighted by Gasteiger charge is -2.34. The van der Waals surface area contributed by atoms with E-state index in [1.54, 1.807) is 23.2 Å². The zero-order valence-corrected chi connectivity index (χ0v) is 20.8. The number of carboxylic acids is 1. The van der Waals surface area contributed by atoms with Gasteiger partial charge in [0.2, 0.25) is 0 Å². The second-order valence-electron chi connectivity index (χ2n) is 8.03. The number of aromatic nitrogens is 2. The summed E-state index contributed by atoms with van der Waals surface area (Å²) in [4.78, 5) is 37.1. The molecule has 2 aliphatic heterocycles. The molecule has 5 rings (SSSR count). The summed E-state index contributed by atoms with van der Waals surface area (Å²) < 4.78 is 14.3. The first-order valence-corrected chi connectivity index (χ1v) is 12.5. The number of hydrogen-bond donors (Lipinski definition) is 2. The topological polar surface area (TPSA) is 98.7 Å². The maximum absolute atomic E-state index is 14.3. The number of carbonyl (C=O) groups is 2. The second-order valence-corrected chi connectivity index (χ2v) is 9.33. The number of carboxylic acid groups (broad SMARTS) is 1. The Hall–Kier alpha value is -3.08. The van der Waals surface area contributed by atoms with E-state index in [1.165, 1.54) is 29.5 Å². The number of likely N-dealkylation sites (tertiary alicyclic amines) is 2. The molecule has 11 heteroatoms. The first-order valence-electron chi connectivity index (χ1n) is 11.3. The number of carbonyl (C=O) groups excluding carboxylic acids is 1. The molecule has 2 fully saturated rings. The second kappa shape index (κ2) is 10.7. The van der Waals surface area contributed by atoms with Crippen molar-refractivity contribution in [2.24, 2.45) is 0 Å². The zero-order chi connectivity index (χ0) is 25.1. The van der Waals surface area contributed by atoms with E-state index in [-0.39, 0.29) is 34.1 Å². The number of piperazine rings is 1. The molecule has 2 saturated heterocycles. The Bertz CT molecular complexity index is 1230. The molecule has 4 heterocycles. The molecule has 2 aromatic heterocycles. The van der Waals surface area contributed by atoms with E-state index in [2.05, 4.69) is 20.2 Å². The SMILES string of the molecule is CC.O=C(O)c1cc(CN2C[C@H]3C[C@@H]2CN3C(=O)c2cccc(Cl)c2F)nc(Nc2nccs2)c1. The minimum atomic E-state index is -1.04. The Balaban J connectivity index is 0.00000141. The molecule has 35 heavy (non-hydrogen) atoms. The summed E-state index contributed by atoms with van der Waals surface area (Å²) in [6, 6.07) is 7.52. The number of pyridine rings is 1. The Morgan fingerprint density at radius 3 is 2.71 bits per heavy atom. The molecule has 2 bridgehead atoms. The smallest absolute Gasteiger partial charge is 0.335 e. The van der Waals surface area contributed by atoms with Crippen molar-refractivity contribution in [3.63, 3.8) is 0 Å². The fourth-order valence-electron chi connectivity index (χ4n) is 4.47. The maximum atomic E-state index is 14.3. The van der Waals surface area contributed by atoms with E-state index < -0.39 is 11.8 Å². The molecule has 0 spiro atoms. The average molecular weight is 518 g/mol. The highest BCUT2D eigenvalue weighted by Gasteiger charge is 2.45. The normalized spacial score (nSPS) is 18.8. The monoisotopic (exact) mass is 517 g/mol. The van der Waals surface area contributed by atoms with Crippen LogP contribution in [0.3, 0.4) is 0 Å². The van der Waals surface area contributed by atoms with Crippen LogP contribution in [0.25, 0.3) is 0 Å². The van der Waals surface area contributed by atoms with Crippen molar-refractivity contribution >= 4 is 45.8 Å². The number of nitrogens with one attached hydrogen (secondary N) is 1. The summed E-state index contributed by atoms with van der Waals surface area (Å²) >= 11 is 7.23. The molecule has 2 atom stereocenters. The van der Waals surface area contributed by atoms with Crippen molar-refractivity contribution in [1.29, 1.82) is 0 Å². The molecule has 1 amide bonds. The van der Waals surface area contributed by atoms with Crippen LogP contribution >= 0.6 is 22.9 Å². The van der Waals surface area contributed by atoms with Gasteiger partial charge < -0.3 is 15.3 Å². The van der Waals surface area contributed by atoms with Gasteiger partial charge in [0.05, 0.1) is 21.8 Å². The van der Waals surface area contributed by atoms with Gasteiger partial charge in [0.1, 0.15) is 5.82 Å². The Morgan fingerprint density at radius 1 is 1.26 bits per heavy atom. The first kappa shape index (κ1) is 25.0. The summed E-state index contributed by atoms with van der Waals surface area (Å²) in [6.45, 7) is 5.52. The van der Waals surface area contributed by atoms with Gasteiger partial charge >= 0.3 is 5.97 Å². The van der Waals surface area contributed by atoms with Gasteiger partial charge in [-0.2, -0.15) is 0 Å². The van der Waals surface area contributed by atoms with E-state index >= 15 is 0 Å². The van der Waals surface area contributed by atoms with Gasteiger partial charge in [-0.05, 0) is 30.7 Å². The molecule has 3 aromatic rings. The zero-order valence-electron chi connectivity index (χ0n) is 19.2. The lowest BCUT2D eigenvalue weighted by atomic mass is 10.1. The van der Waals surface area contributed by atoms with Gasteiger partial charge in [-0.15, -0.1) is 11.3 Å². The van der Waals surface area contributed by atoms with Crippen molar-refractivity contribution in [1.82, 2.24) is 19.8 Å². The summed E-state index contributed by atoms with van der Waals surface area (Å²) in [5, 5.41) is 14.9. The van der Waals surface area contributed by atoms with Crippen molar-refractivity contribution in [2.45, 2.75) is 38.9 Å². The Kier molecular flexibility index (Phi) is 7.63. The number of benzene rings is 1. The van der Waals surface area contributed by atoms with Crippen LogP contribution in [0.5, 0.6) is 0 Å². The number of anilines is 2. The fourth-order valence-corrected chi connectivity index (χ4v) is 5.18. The third-order valence-electron chi connectivity index (χ3n) is 5.95. The predicted octanol–water partition coefficient (Wildman–Crippen LogP) is 4.90. The molecule has 2 aliphatic rings. The van der Waals surface area contributed by atoms with Gasteiger partial charge in [-0.1, -0.05) is 31.5 Å². The van der Waals surface area contributed by atoms with Gasteiger partial charge in [0.15, 0.2) is 10.9 Å². The van der Waals surface area contributed by atoms with Crippen LogP contribution in [-0.2, 0) is 6.54 Å². The number of aromatic carboxylic acids is 1. The molecule has 2 N–H and O–H groups in total. The highest BCUT2D eigenvalue weighted by atomic mass is 35.5. The molecule has 1 aromatic carbocycles. The molecule has 0 unspecified atom stereocenters. The number of thiazole rings is 1. The number of nitrogens with zero attached hydrogens (tertiary/aromatic N) is 4. The summed E-state index contributed by atoms with van der Waals surface area (Å²) in [7, 11) is 0. The first-order chi connectivity index (χ1) is 16.9. The quantitative estimate of drug-likeness (QED) is 0.480. The van der Waals surface area contributed by atoms with Crippen LogP contribution in [0.1, 0.15) is 46.7 Å². The molecule has 0 saturated carbocycles. The average Bonchev–Trinajstić information content (AvgIpc) is 3.59. The van der Waals surface area contributed by atoms with Crippen molar-refractivity contribution in [3.8, 4) is 0 Å². The third kappa shape index (κ3) is 5.29. The standard InChI is InChI=1S/C22H19ClFN5O3S.C2H6/c23-17-3-1-2-16(19(17)24)20(30)29-11-14-8-15(29)10-28(14)9-13-6-12(21(31)32)7-18(26-13)27-22-25-4-5-33-22;1-2/h1-7,14-15H,8-11H2,(H,31,32)(H,25,26,27);1-2H3/t14-,15-;/m1./s1. The largest absolute Gasteiger partial charge is 0.478 e. The van der Waals surface area contributed by atoms with Crippen molar-refractivity contribution in [2.75, 3.05) is 18.4 Å². The highest BCUT2D eigenvalue weighted by molar-refractivity contribution is 7.13. The van der Waals surface area contributed by atoms with Crippen LogP contribution in [0, 0.1) is 5.82 Å². The van der Waals surface area contributed by atoms with E-state index in [9.17, 15) is 19.1 Å². The number of amides is 1. The number of rotatable bonds is 6. The van der Waals surface area contributed by atoms with Crippen LogP contribution < -0.4 is 5.32 Å². The van der Waals surface area contributed by atoms with Gasteiger partial charge in [0, 0.05) is 43.3 Å². The summed E-state index contributed by atoms with van der Waals surface area (Å²) in [6.07, 6.45) is 2.43. The molecule has 0 radical (unpaired) electrons. The van der Waals surface area contributed by atoms with Crippen molar-refractivity contribution < 1.29 is 19.1 Å². The van der Waals surface area contributed by atoms with Crippen LogP contribution in [0.2, 0.25) is 5.02 Å². The van der Waals surface area contributed by atoms with Gasteiger partial charge in [-0.3, -0.25) is 9.69 Å². The van der Waals surface area contributed by atoms with E-state index in [4.69, 9.17) is 11.6 Å². The Morgan fingerprint density at radius 2 is 2.06 bits per heavy atom. The lowest BCUT2D eigenvalue weighted by molar-refractivity contribution is 0.0608. The molecule has 184 valence electrons. The lowest BCUT2D eigenvalue weighted by Crippen LogP contribution is -2.48. The van der Waals surface area contributed by atoms with E-state index in [0.717, 1.165) is 6.42 Å². The van der Waals surface area contributed by atoms with Crippen molar-refractivity contribution in [3.05, 3.63) is 69.6 Å². The highest BCUT2D eigenvalue weighted by Crippen LogP contribution is 2.34. The maximum Gasteiger partial charge on any atom is 0.335 e. The Labute approximate surface area is 211 Å². The molecular weight excluding hydrogens is 493 g/mol. The van der Waals surface area contributed by atoms with Crippen LogP contribution in [0.4, 0.5) is 15.3 Å². The van der Waals surface area contributed by atoms with Crippen LogP contribution in [-0.4, -0.2) is 61.9 Å².